The van der Waals surface area contributed by atoms with Crippen molar-refractivity contribution in [2.24, 2.45) is 0 Å². The maximum atomic E-state index is 12.6. The van der Waals surface area contributed by atoms with Gasteiger partial charge >= 0.3 is 17.9 Å². The summed E-state index contributed by atoms with van der Waals surface area (Å²) >= 11 is 0. The molecule has 0 aliphatic carbocycles. The molecule has 0 heterocycles. The molecule has 0 aromatic heterocycles. The monoisotopic (exact) mass is 721 g/mol. The van der Waals surface area contributed by atoms with Crippen LogP contribution in [0.3, 0.4) is 0 Å². The van der Waals surface area contributed by atoms with Crippen LogP contribution in [-0.2, 0) is 28.6 Å². The van der Waals surface area contributed by atoms with Gasteiger partial charge in [0.2, 0.25) is 0 Å². The maximum Gasteiger partial charge on any atom is 0.306 e. The highest BCUT2D eigenvalue weighted by Crippen LogP contribution is 2.15. The van der Waals surface area contributed by atoms with Crippen molar-refractivity contribution in [2.75, 3.05) is 13.2 Å². The van der Waals surface area contributed by atoms with Gasteiger partial charge in [-0.15, -0.1) is 0 Å². The van der Waals surface area contributed by atoms with Crippen LogP contribution in [0.25, 0.3) is 0 Å². The van der Waals surface area contributed by atoms with Gasteiger partial charge in [0, 0.05) is 19.3 Å². The minimum atomic E-state index is -0.764. The summed E-state index contributed by atoms with van der Waals surface area (Å²) in [4.78, 5) is 37.4. The molecule has 0 spiro atoms. The van der Waals surface area contributed by atoms with Gasteiger partial charge in [-0.1, -0.05) is 193 Å². The molecule has 0 fully saturated rings. The second-order valence-electron chi connectivity index (χ2n) is 15.0. The highest BCUT2D eigenvalue weighted by molar-refractivity contribution is 5.71. The van der Waals surface area contributed by atoms with Gasteiger partial charge < -0.3 is 14.2 Å². The number of unbranched alkanes of at least 4 members (excludes halogenated alkanes) is 27. The molecule has 0 aromatic carbocycles. The zero-order valence-electron chi connectivity index (χ0n) is 34.1. The number of carbonyl (C=O) groups excluding carboxylic acids is 3. The molecule has 1 unspecified atom stereocenters. The third kappa shape index (κ3) is 39.2. The Morgan fingerprint density at radius 1 is 0.373 bits per heavy atom. The van der Waals surface area contributed by atoms with E-state index in [2.05, 4.69) is 32.9 Å². The molecule has 0 aliphatic rings. The van der Waals surface area contributed by atoms with E-state index in [1.165, 1.54) is 122 Å². The zero-order valence-corrected chi connectivity index (χ0v) is 34.1. The Balaban J connectivity index is 4.18. The van der Waals surface area contributed by atoms with Gasteiger partial charge in [0.1, 0.15) is 13.2 Å². The normalized spacial score (nSPS) is 12.0. The fourth-order valence-electron chi connectivity index (χ4n) is 6.39. The fraction of sp³-hybridized carbons (Fsp3) is 0.889. The summed E-state index contributed by atoms with van der Waals surface area (Å²) in [6.45, 7) is 6.52. The van der Waals surface area contributed by atoms with Gasteiger partial charge in [0.05, 0.1) is 0 Å². The second kappa shape index (κ2) is 40.9. The van der Waals surface area contributed by atoms with Crippen molar-refractivity contribution in [3.05, 3.63) is 12.2 Å². The largest absolute Gasteiger partial charge is 0.462 e. The van der Waals surface area contributed by atoms with E-state index in [0.717, 1.165) is 77.0 Å². The van der Waals surface area contributed by atoms with Gasteiger partial charge in [-0.2, -0.15) is 0 Å². The maximum absolute atomic E-state index is 12.6. The van der Waals surface area contributed by atoms with E-state index in [0.29, 0.717) is 19.3 Å². The van der Waals surface area contributed by atoms with Crippen LogP contribution in [0.2, 0.25) is 0 Å². The predicted octanol–water partition coefficient (Wildman–Crippen LogP) is 13.9. The van der Waals surface area contributed by atoms with E-state index >= 15 is 0 Å². The number of carbonyl (C=O) groups is 3. The Morgan fingerprint density at radius 2 is 0.686 bits per heavy atom. The van der Waals surface area contributed by atoms with Crippen molar-refractivity contribution in [1.29, 1.82) is 0 Å². The van der Waals surface area contributed by atoms with Crippen LogP contribution in [0.4, 0.5) is 0 Å². The minimum absolute atomic E-state index is 0.0701. The quantitative estimate of drug-likeness (QED) is 0.0271. The molecule has 300 valence electrons. The average Bonchev–Trinajstić information content (AvgIpc) is 3.13. The lowest BCUT2D eigenvalue weighted by molar-refractivity contribution is -0.167. The molecule has 0 radical (unpaired) electrons. The minimum Gasteiger partial charge on any atom is -0.462 e. The molecule has 0 N–H and O–H groups in total. The van der Waals surface area contributed by atoms with Gasteiger partial charge in [-0.05, 0) is 38.5 Å². The Hall–Kier alpha value is -1.85. The number of rotatable bonds is 40. The highest BCUT2D eigenvalue weighted by Gasteiger charge is 2.19. The van der Waals surface area contributed by atoms with Crippen LogP contribution in [0.15, 0.2) is 12.2 Å². The third-order valence-corrected chi connectivity index (χ3v) is 9.75. The van der Waals surface area contributed by atoms with Gasteiger partial charge in [0.25, 0.3) is 0 Å². The first kappa shape index (κ1) is 49.1. The molecule has 0 rings (SSSR count). The van der Waals surface area contributed by atoms with Crippen molar-refractivity contribution in [2.45, 2.75) is 245 Å². The summed E-state index contributed by atoms with van der Waals surface area (Å²) in [5.41, 5.74) is 0. The molecule has 51 heavy (non-hydrogen) atoms. The molecular formula is C45H84O6. The number of hydrogen-bond acceptors (Lipinski definition) is 6. The summed E-state index contributed by atoms with van der Waals surface area (Å²) < 4.78 is 16.6. The lowest BCUT2D eigenvalue weighted by Gasteiger charge is -2.18. The van der Waals surface area contributed by atoms with Crippen molar-refractivity contribution in [1.82, 2.24) is 0 Å². The van der Waals surface area contributed by atoms with Crippen molar-refractivity contribution in [3.8, 4) is 0 Å². The number of allylic oxidation sites excluding steroid dienone is 2. The lowest BCUT2D eigenvalue weighted by atomic mass is 10.0. The van der Waals surface area contributed by atoms with Crippen LogP contribution < -0.4 is 0 Å². The molecule has 0 amide bonds. The number of esters is 3. The Labute approximate surface area is 316 Å². The Bertz CT molecular complexity index is 794. The number of ether oxygens (including phenoxy) is 3. The van der Waals surface area contributed by atoms with Crippen LogP contribution in [0.1, 0.15) is 239 Å². The van der Waals surface area contributed by atoms with Gasteiger partial charge in [-0.3, -0.25) is 14.4 Å². The predicted molar refractivity (Wildman–Crippen MR) is 215 cm³/mol. The van der Waals surface area contributed by atoms with E-state index in [-0.39, 0.29) is 31.1 Å². The van der Waals surface area contributed by atoms with Crippen molar-refractivity contribution >= 4 is 17.9 Å². The van der Waals surface area contributed by atoms with Gasteiger partial charge in [0.15, 0.2) is 6.10 Å². The summed E-state index contributed by atoms with van der Waals surface area (Å²) in [6.07, 6.45) is 42.2. The molecule has 0 saturated heterocycles. The van der Waals surface area contributed by atoms with E-state index in [1.54, 1.807) is 0 Å². The van der Waals surface area contributed by atoms with E-state index < -0.39 is 6.10 Å². The highest BCUT2D eigenvalue weighted by atomic mass is 16.6. The lowest BCUT2D eigenvalue weighted by Crippen LogP contribution is -2.30. The summed E-state index contributed by atoms with van der Waals surface area (Å²) in [5.74, 6) is -0.885. The van der Waals surface area contributed by atoms with Crippen LogP contribution >= 0.6 is 0 Å². The first-order chi connectivity index (χ1) is 25.0. The summed E-state index contributed by atoms with van der Waals surface area (Å²) in [5, 5.41) is 0. The van der Waals surface area contributed by atoms with Gasteiger partial charge in [-0.25, -0.2) is 0 Å². The Morgan fingerprint density at radius 3 is 1.06 bits per heavy atom. The van der Waals surface area contributed by atoms with Crippen LogP contribution in [0, 0.1) is 0 Å². The molecule has 0 aromatic rings. The first-order valence-corrected chi connectivity index (χ1v) is 22.2. The molecule has 0 saturated carbocycles. The smallest absolute Gasteiger partial charge is 0.306 e. The van der Waals surface area contributed by atoms with Crippen molar-refractivity contribution in [3.63, 3.8) is 0 Å². The third-order valence-electron chi connectivity index (χ3n) is 9.75. The fourth-order valence-corrected chi connectivity index (χ4v) is 6.39. The summed E-state index contributed by atoms with van der Waals surface area (Å²) in [6, 6.07) is 0. The zero-order chi connectivity index (χ0) is 37.3. The molecule has 0 aliphatic heterocycles. The SMILES string of the molecule is CCC/C=C\CCCCCCCC(=O)OC(COC(=O)CCCCCCCC)COC(=O)CCCCCCCCCCCCCCCCCCC. The molecular weight excluding hydrogens is 636 g/mol. The second-order valence-corrected chi connectivity index (χ2v) is 15.0. The van der Waals surface area contributed by atoms with E-state index in [1.807, 2.05) is 0 Å². The standard InChI is InChI=1S/C45H84O6/c1-4-7-10-13-16-18-20-21-22-23-24-25-26-28-29-32-35-38-44(47)50-41-42(40-49-43(46)37-34-31-15-12-9-6-3)51-45(48)39-36-33-30-27-19-17-14-11-8-5-2/h11,14,42H,4-10,12-13,15-41H2,1-3H3/b14-11-. The molecule has 1 atom stereocenters. The van der Waals surface area contributed by atoms with E-state index in [9.17, 15) is 14.4 Å². The average molecular weight is 721 g/mol. The van der Waals surface area contributed by atoms with Crippen LogP contribution in [-0.4, -0.2) is 37.2 Å². The van der Waals surface area contributed by atoms with E-state index in [4.69, 9.17) is 14.2 Å². The van der Waals surface area contributed by atoms with Crippen LogP contribution in [0.5, 0.6) is 0 Å². The molecule has 0 bridgehead atoms. The molecule has 6 heteroatoms. The Kier molecular flexibility index (Phi) is 39.4. The number of hydrogen-bond donors (Lipinski definition) is 0. The summed E-state index contributed by atoms with van der Waals surface area (Å²) in [7, 11) is 0. The first-order valence-electron chi connectivity index (χ1n) is 22.2. The topological polar surface area (TPSA) is 78.9 Å². The molecule has 6 nitrogen and oxygen atoms in total. The van der Waals surface area contributed by atoms with Crippen molar-refractivity contribution < 1.29 is 28.6 Å².